The van der Waals surface area contributed by atoms with E-state index in [-0.39, 0.29) is 17.4 Å². The van der Waals surface area contributed by atoms with E-state index in [1.165, 1.54) is 19.2 Å². The van der Waals surface area contributed by atoms with E-state index in [1.807, 2.05) is 0 Å². The first-order valence-corrected chi connectivity index (χ1v) is 5.99. The van der Waals surface area contributed by atoms with Crippen molar-refractivity contribution in [2.45, 2.75) is 19.9 Å². The fraction of sp³-hybridized carbons (Fsp3) is 0.385. The van der Waals surface area contributed by atoms with Crippen molar-refractivity contribution in [3.63, 3.8) is 0 Å². The highest BCUT2D eigenvalue weighted by Crippen LogP contribution is 2.20. The molecule has 0 saturated heterocycles. The average molecular weight is 284 g/mol. The molecule has 1 aromatic rings. The second-order valence-electron chi connectivity index (χ2n) is 4.51. The number of carbonyl (C=O) groups excluding carboxylic acids is 1. The van der Waals surface area contributed by atoms with E-state index in [1.54, 1.807) is 13.8 Å². The number of hydrogen-bond acceptors (Lipinski definition) is 3. The van der Waals surface area contributed by atoms with Crippen LogP contribution in [-0.2, 0) is 4.79 Å². The highest BCUT2D eigenvalue weighted by molar-refractivity contribution is 5.92. The molecule has 1 rings (SSSR count). The number of hydrogen-bond donors (Lipinski definition) is 3. The number of nitrogens with one attached hydrogen (secondary N) is 2. The maximum absolute atomic E-state index is 13.4. The first kappa shape index (κ1) is 15.7. The molecule has 0 aliphatic heterocycles. The Kier molecular flexibility index (Phi) is 5.31. The highest BCUT2D eigenvalue weighted by atomic mass is 19.1. The van der Waals surface area contributed by atoms with Crippen LogP contribution < -0.4 is 15.4 Å². The largest absolute Gasteiger partial charge is 0.494 e. The zero-order valence-corrected chi connectivity index (χ0v) is 11.4. The number of benzene rings is 1. The zero-order chi connectivity index (χ0) is 15.3. The lowest BCUT2D eigenvalue weighted by atomic mass is 10.1. The van der Waals surface area contributed by atoms with Gasteiger partial charge in [-0.25, -0.2) is 14.0 Å². The molecule has 0 aromatic heterocycles. The van der Waals surface area contributed by atoms with Crippen molar-refractivity contribution in [2.24, 2.45) is 5.92 Å². The van der Waals surface area contributed by atoms with E-state index in [4.69, 9.17) is 9.84 Å². The molecule has 110 valence electrons. The molecule has 20 heavy (non-hydrogen) atoms. The number of methoxy groups -OCH3 is 1. The Bertz CT molecular complexity index is 505. The number of amides is 2. The van der Waals surface area contributed by atoms with E-state index in [0.717, 1.165) is 6.07 Å². The molecule has 3 N–H and O–H groups in total. The fourth-order valence-corrected chi connectivity index (χ4v) is 1.57. The Morgan fingerprint density at radius 2 is 2.00 bits per heavy atom. The second kappa shape index (κ2) is 6.74. The third-order valence-corrected chi connectivity index (χ3v) is 2.63. The standard InChI is InChI=1S/C13H17FN2O4/c1-7(2)11(12(17)18)16-13(19)15-8-4-5-10(20-3)9(14)6-8/h4-7,11H,1-3H3,(H,17,18)(H2,15,16,19). The van der Waals surface area contributed by atoms with Gasteiger partial charge in [-0.15, -0.1) is 0 Å². The summed E-state index contributed by atoms with van der Waals surface area (Å²) in [6.45, 7) is 3.35. The van der Waals surface area contributed by atoms with E-state index in [0.29, 0.717) is 0 Å². The topological polar surface area (TPSA) is 87.7 Å². The zero-order valence-electron chi connectivity index (χ0n) is 11.4. The smallest absolute Gasteiger partial charge is 0.326 e. The predicted molar refractivity (Wildman–Crippen MR) is 71.4 cm³/mol. The minimum Gasteiger partial charge on any atom is -0.494 e. The van der Waals surface area contributed by atoms with E-state index >= 15 is 0 Å². The molecule has 2 amide bonds. The van der Waals surface area contributed by atoms with Crippen LogP contribution in [0.1, 0.15) is 13.8 Å². The van der Waals surface area contributed by atoms with Gasteiger partial charge in [-0.3, -0.25) is 0 Å². The maximum atomic E-state index is 13.4. The van der Waals surface area contributed by atoms with Gasteiger partial charge in [0.05, 0.1) is 7.11 Å². The SMILES string of the molecule is COc1ccc(NC(=O)NC(C(=O)O)C(C)C)cc1F. The van der Waals surface area contributed by atoms with Gasteiger partial charge in [-0.2, -0.15) is 0 Å². The number of carbonyl (C=O) groups is 2. The third-order valence-electron chi connectivity index (χ3n) is 2.63. The van der Waals surface area contributed by atoms with Crippen LogP contribution in [0.2, 0.25) is 0 Å². The number of carboxylic acids is 1. The molecule has 0 spiro atoms. The Hall–Kier alpha value is -2.31. The van der Waals surface area contributed by atoms with E-state index < -0.39 is 23.9 Å². The summed E-state index contributed by atoms with van der Waals surface area (Å²) in [6, 6.07) is 2.17. The van der Waals surface area contributed by atoms with Crippen molar-refractivity contribution in [2.75, 3.05) is 12.4 Å². The molecule has 0 radical (unpaired) electrons. The van der Waals surface area contributed by atoms with Gasteiger partial charge in [0.15, 0.2) is 11.6 Å². The Labute approximate surface area is 115 Å². The van der Waals surface area contributed by atoms with Crippen molar-refractivity contribution in [1.29, 1.82) is 0 Å². The summed E-state index contributed by atoms with van der Waals surface area (Å²) in [4.78, 5) is 22.6. The van der Waals surface area contributed by atoms with Crippen molar-refractivity contribution >= 4 is 17.7 Å². The molecule has 0 aliphatic rings. The number of halogens is 1. The molecule has 1 aromatic carbocycles. The minimum atomic E-state index is -1.13. The number of carboxylic acid groups (broad SMARTS) is 1. The van der Waals surface area contributed by atoms with Crippen molar-refractivity contribution in [1.82, 2.24) is 5.32 Å². The van der Waals surface area contributed by atoms with Crippen LogP contribution in [0.5, 0.6) is 5.75 Å². The summed E-state index contributed by atoms with van der Waals surface area (Å²) in [5, 5.41) is 13.6. The Morgan fingerprint density at radius 3 is 2.45 bits per heavy atom. The predicted octanol–water partition coefficient (Wildman–Crippen LogP) is 2.06. The van der Waals surface area contributed by atoms with Crippen LogP contribution in [0.3, 0.4) is 0 Å². The summed E-state index contributed by atoms with van der Waals surface area (Å²) >= 11 is 0. The Morgan fingerprint density at radius 1 is 1.35 bits per heavy atom. The van der Waals surface area contributed by atoms with Crippen molar-refractivity contribution in [3.8, 4) is 5.75 Å². The van der Waals surface area contributed by atoms with Gasteiger partial charge in [0, 0.05) is 11.8 Å². The number of rotatable bonds is 5. The van der Waals surface area contributed by atoms with Gasteiger partial charge in [0.2, 0.25) is 0 Å². The van der Waals surface area contributed by atoms with Crippen LogP contribution >= 0.6 is 0 Å². The summed E-state index contributed by atoms with van der Waals surface area (Å²) in [6.07, 6.45) is 0. The normalized spacial score (nSPS) is 11.8. The molecule has 0 heterocycles. The maximum Gasteiger partial charge on any atom is 0.326 e. The lowest BCUT2D eigenvalue weighted by Crippen LogP contribution is -2.46. The molecular weight excluding hydrogens is 267 g/mol. The van der Waals surface area contributed by atoms with Crippen LogP contribution in [0, 0.1) is 11.7 Å². The molecular formula is C13H17FN2O4. The summed E-state index contributed by atoms with van der Waals surface area (Å²) in [5.74, 6) is -1.97. The van der Waals surface area contributed by atoms with Crippen LogP contribution in [0.4, 0.5) is 14.9 Å². The van der Waals surface area contributed by atoms with Crippen molar-refractivity contribution < 1.29 is 23.8 Å². The fourth-order valence-electron chi connectivity index (χ4n) is 1.57. The lowest BCUT2D eigenvalue weighted by Gasteiger charge is -2.18. The third kappa shape index (κ3) is 4.11. The van der Waals surface area contributed by atoms with E-state index in [9.17, 15) is 14.0 Å². The van der Waals surface area contributed by atoms with Crippen LogP contribution in [0.15, 0.2) is 18.2 Å². The second-order valence-corrected chi connectivity index (χ2v) is 4.51. The van der Waals surface area contributed by atoms with Crippen molar-refractivity contribution in [3.05, 3.63) is 24.0 Å². The van der Waals surface area contributed by atoms with E-state index in [2.05, 4.69) is 10.6 Å². The van der Waals surface area contributed by atoms with Crippen LogP contribution in [0.25, 0.3) is 0 Å². The highest BCUT2D eigenvalue weighted by Gasteiger charge is 2.23. The van der Waals surface area contributed by atoms with Crippen LogP contribution in [-0.4, -0.2) is 30.3 Å². The molecule has 0 saturated carbocycles. The molecule has 0 bridgehead atoms. The van der Waals surface area contributed by atoms with Gasteiger partial charge in [0.25, 0.3) is 0 Å². The monoisotopic (exact) mass is 284 g/mol. The van der Waals surface area contributed by atoms with Gasteiger partial charge in [-0.1, -0.05) is 13.8 Å². The average Bonchev–Trinajstić information content (AvgIpc) is 2.35. The first-order valence-electron chi connectivity index (χ1n) is 5.99. The summed E-state index contributed by atoms with van der Waals surface area (Å²) in [7, 11) is 1.33. The number of aliphatic carboxylic acids is 1. The summed E-state index contributed by atoms with van der Waals surface area (Å²) in [5.41, 5.74) is 0.202. The molecule has 7 heteroatoms. The number of ether oxygens (including phenoxy) is 1. The summed E-state index contributed by atoms with van der Waals surface area (Å²) < 4.78 is 18.2. The van der Waals surface area contributed by atoms with Gasteiger partial charge in [0.1, 0.15) is 6.04 Å². The number of urea groups is 1. The minimum absolute atomic E-state index is 0.0570. The lowest BCUT2D eigenvalue weighted by molar-refractivity contribution is -0.140. The molecule has 1 unspecified atom stereocenters. The molecule has 0 aliphatic carbocycles. The molecule has 0 fully saturated rings. The molecule has 6 nitrogen and oxygen atoms in total. The quantitative estimate of drug-likeness (QED) is 0.772. The first-order chi connectivity index (χ1) is 9.35. The van der Waals surface area contributed by atoms with Gasteiger partial charge < -0.3 is 20.5 Å². The Balaban J connectivity index is 2.71. The van der Waals surface area contributed by atoms with Gasteiger partial charge in [-0.05, 0) is 18.1 Å². The number of anilines is 1. The van der Waals surface area contributed by atoms with Gasteiger partial charge >= 0.3 is 12.0 Å². The molecule has 1 atom stereocenters.